The van der Waals surface area contributed by atoms with Crippen LogP contribution in [0.4, 0.5) is 0 Å². The molecular weight excluding hydrogens is 199 g/mol. The van der Waals surface area contributed by atoms with Crippen LogP contribution < -0.4 is 0 Å². The molecule has 14 heavy (non-hydrogen) atoms. The van der Waals surface area contributed by atoms with Gasteiger partial charge in [0, 0.05) is 0 Å². The van der Waals surface area contributed by atoms with E-state index < -0.39 is 0 Å². The van der Waals surface area contributed by atoms with E-state index in [1.54, 1.807) is 24.8 Å². The van der Waals surface area contributed by atoms with Gasteiger partial charge in [0.2, 0.25) is 0 Å². The molecule has 1 nitrogen and oxygen atoms in total. The van der Waals surface area contributed by atoms with E-state index >= 15 is 0 Å². The van der Waals surface area contributed by atoms with E-state index in [0.29, 0.717) is 5.75 Å². The molecular formula is C12H19KO. The Balaban J connectivity index is 0.000000241. The summed E-state index contributed by atoms with van der Waals surface area (Å²) in [4.78, 5) is 0. The normalized spacial score (nSPS) is 9.07. The molecule has 1 aromatic carbocycles. The Bertz CT molecular complexity index is 195. The molecule has 0 heterocycles. The van der Waals surface area contributed by atoms with Crippen molar-refractivity contribution in [3.05, 3.63) is 30.3 Å². The van der Waals surface area contributed by atoms with Gasteiger partial charge in [-0.3, -0.25) is 0 Å². The molecule has 0 atom stereocenters. The molecule has 0 aromatic heterocycles. The number of para-hydroxylation sites is 1. The van der Waals surface area contributed by atoms with Gasteiger partial charge < -0.3 is 5.11 Å². The van der Waals surface area contributed by atoms with Gasteiger partial charge in [-0.2, -0.15) is 0 Å². The van der Waals surface area contributed by atoms with E-state index in [9.17, 15) is 0 Å². The summed E-state index contributed by atoms with van der Waals surface area (Å²) in [6.45, 7) is 2.26. The zero-order valence-electron chi connectivity index (χ0n) is 9.37. The number of unbranched alkanes of at least 4 members (excludes halogenated alkanes) is 3. The van der Waals surface area contributed by atoms with Crippen molar-refractivity contribution >= 4 is 49.0 Å². The molecule has 0 unspecified atom stereocenters. The topological polar surface area (TPSA) is 20.2 Å². The second-order valence-corrected chi connectivity index (χ2v) is 4.96. The van der Waals surface area contributed by atoms with Crippen LogP contribution in [0.2, 0.25) is 0.515 Å². The van der Waals surface area contributed by atoms with E-state index in [1.165, 1.54) is 25.7 Å². The number of hydrogen-bond acceptors (Lipinski definition) is 1. The maximum absolute atomic E-state index is 8.63. The molecule has 0 aliphatic heterocycles. The summed E-state index contributed by atoms with van der Waals surface area (Å²) in [5.74, 6) is 0.322. The van der Waals surface area contributed by atoms with Crippen molar-refractivity contribution in [3.63, 3.8) is 0 Å². The third-order valence-electron chi connectivity index (χ3n) is 1.96. The third-order valence-corrected chi connectivity index (χ3v) is 3.07. The summed E-state index contributed by atoms with van der Waals surface area (Å²) in [7, 11) is 0. The third kappa shape index (κ3) is 10.7. The molecule has 1 rings (SSSR count). The molecule has 0 radical (unpaired) electrons. The standard InChI is InChI=1S/C6H6O.C6H13.K/c7-6-4-2-1-3-5-6;1-3-5-6-4-2;/h1-5,7H;1,3-6H2,2H3;. The van der Waals surface area contributed by atoms with Gasteiger partial charge in [-0.25, -0.2) is 0 Å². The molecule has 0 spiro atoms. The van der Waals surface area contributed by atoms with E-state index in [0.717, 1.165) is 49.0 Å². The molecule has 0 aliphatic carbocycles. The molecule has 1 N–H and O–H groups in total. The first-order chi connectivity index (χ1) is 6.81. The van der Waals surface area contributed by atoms with Crippen LogP contribution in [0.15, 0.2) is 30.3 Å². The molecule has 0 saturated carbocycles. The average molecular weight is 218 g/mol. The van der Waals surface area contributed by atoms with Crippen molar-refractivity contribution in [2.24, 2.45) is 0 Å². The Hall–Kier alpha value is 0.656. The molecule has 74 valence electrons. The van der Waals surface area contributed by atoms with E-state index in [-0.39, 0.29) is 0 Å². The van der Waals surface area contributed by atoms with Crippen LogP contribution in [0.25, 0.3) is 0 Å². The van der Waals surface area contributed by atoms with Crippen molar-refractivity contribution in [2.75, 3.05) is 0 Å². The van der Waals surface area contributed by atoms with Crippen LogP contribution in [-0.2, 0) is 0 Å². The van der Waals surface area contributed by atoms with Crippen LogP contribution in [0, 0.1) is 0 Å². The Kier molecular flexibility index (Phi) is 12.3. The predicted octanol–water partition coefficient (Wildman–Crippen LogP) is 3.55. The zero-order valence-corrected chi connectivity index (χ0v) is 12.5. The largest absolute Gasteiger partial charge is 0.508 e. The fraction of sp³-hybridized carbons (Fsp3) is 0.500. The SMILES string of the molecule is CCCCC[CH2][K].Oc1ccccc1. The van der Waals surface area contributed by atoms with Gasteiger partial charge in [0.1, 0.15) is 5.75 Å². The van der Waals surface area contributed by atoms with Crippen LogP contribution in [0.1, 0.15) is 32.6 Å². The van der Waals surface area contributed by atoms with Gasteiger partial charge in [-0.05, 0) is 12.1 Å². The summed E-state index contributed by atoms with van der Waals surface area (Å²) in [5, 5.41) is 8.63. The van der Waals surface area contributed by atoms with Crippen LogP contribution in [0.5, 0.6) is 5.75 Å². The van der Waals surface area contributed by atoms with Crippen molar-refractivity contribution in [1.29, 1.82) is 0 Å². The summed E-state index contributed by atoms with van der Waals surface area (Å²) in [5.41, 5.74) is 0. The van der Waals surface area contributed by atoms with Gasteiger partial charge in [0.05, 0.1) is 0 Å². The predicted molar refractivity (Wildman–Crippen MR) is 62.8 cm³/mol. The first-order valence-corrected chi connectivity index (χ1v) is 7.76. The molecule has 0 saturated heterocycles. The number of rotatable bonds is 4. The van der Waals surface area contributed by atoms with Gasteiger partial charge >= 0.3 is 82.1 Å². The minimum absolute atomic E-state index is 0.322. The number of hydrogen-bond donors (Lipinski definition) is 1. The second kappa shape index (κ2) is 11.7. The van der Waals surface area contributed by atoms with Crippen molar-refractivity contribution in [2.45, 2.75) is 33.1 Å². The van der Waals surface area contributed by atoms with Gasteiger partial charge in [0.15, 0.2) is 0 Å². The summed E-state index contributed by atoms with van der Waals surface area (Å²) >= 11 is 1.11. The monoisotopic (exact) mass is 218 g/mol. The fourth-order valence-corrected chi connectivity index (χ4v) is 1.89. The summed E-state index contributed by atoms with van der Waals surface area (Å²) < 4.78 is 1.55. The smallest absolute Gasteiger partial charge is 0.115 e. The van der Waals surface area contributed by atoms with E-state index in [1.807, 2.05) is 6.07 Å². The number of aromatic hydroxyl groups is 1. The van der Waals surface area contributed by atoms with Crippen molar-refractivity contribution in [1.82, 2.24) is 0 Å². The summed E-state index contributed by atoms with van der Waals surface area (Å²) in [6, 6.07) is 8.71. The van der Waals surface area contributed by atoms with Crippen molar-refractivity contribution < 1.29 is 5.11 Å². The second-order valence-electron chi connectivity index (χ2n) is 3.40. The zero-order chi connectivity index (χ0) is 10.6. The Morgan fingerprint density at radius 2 is 1.71 bits per heavy atom. The Morgan fingerprint density at radius 3 is 2.07 bits per heavy atom. The number of benzene rings is 1. The summed E-state index contributed by atoms with van der Waals surface area (Å²) in [6.07, 6.45) is 5.83. The van der Waals surface area contributed by atoms with Gasteiger partial charge in [-0.1, -0.05) is 18.2 Å². The van der Waals surface area contributed by atoms with Crippen LogP contribution in [0.3, 0.4) is 0 Å². The number of phenolic OH excluding ortho intramolecular Hbond substituents is 1. The van der Waals surface area contributed by atoms with Gasteiger partial charge in [-0.15, -0.1) is 0 Å². The van der Waals surface area contributed by atoms with Crippen molar-refractivity contribution in [3.8, 4) is 5.75 Å². The first kappa shape index (κ1) is 14.7. The van der Waals surface area contributed by atoms with Crippen LogP contribution >= 0.6 is 0 Å². The average Bonchev–Trinajstić information content (AvgIpc) is 2.21. The minimum atomic E-state index is 0.322. The Labute approximate surface area is 122 Å². The molecule has 0 amide bonds. The van der Waals surface area contributed by atoms with Gasteiger partial charge in [0.25, 0.3) is 0 Å². The van der Waals surface area contributed by atoms with Crippen LogP contribution in [-0.4, -0.2) is 54.1 Å². The quantitative estimate of drug-likeness (QED) is 0.605. The first-order valence-electron chi connectivity index (χ1n) is 5.55. The molecule has 1 aromatic rings. The molecule has 0 aliphatic rings. The minimum Gasteiger partial charge on any atom is -0.508 e. The molecule has 0 bridgehead atoms. The fourth-order valence-electron chi connectivity index (χ4n) is 1.10. The van der Waals surface area contributed by atoms with E-state index in [2.05, 4.69) is 6.92 Å². The van der Waals surface area contributed by atoms with E-state index in [4.69, 9.17) is 5.11 Å². The molecule has 2 heteroatoms. The Morgan fingerprint density at radius 1 is 1.07 bits per heavy atom. The number of phenols is 1. The maximum Gasteiger partial charge on any atom is 0.115 e. The maximum atomic E-state index is 8.63. The molecule has 0 fully saturated rings.